The zero-order valence-electron chi connectivity index (χ0n) is 18.1. The van der Waals surface area contributed by atoms with Crippen LogP contribution in [-0.2, 0) is 9.53 Å². The number of nitrogens with zero attached hydrogens (tertiary/aromatic N) is 2. The van der Waals surface area contributed by atoms with Gasteiger partial charge in [0.05, 0.1) is 29.4 Å². The molecule has 0 atom stereocenters. The van der Waals surface area contributed by atoms with Crippen molar-refractivity contribution in [1.82, 2.24) is 9.97 Å². The first kappa shape index (κ1) is 22.4. The number of hydrogen-bond donors (Lipinski definition) is 2. The van der Waals surface area contributed by atoms with Gasteiger partial charge < -0.3 is 20.1 Å². The third-order valence-electron chi connectivity index (χ3n) is 4.83. The summed E-state index contributed by atoms with van der Waals surface area (Å²) in [5.41, 5.74) is 2.87. The number of rotatable bonds is 7. The van der Waals surface area contributed by atoms with E-state index in [9.17, 15) is 14.4 Å². The molecule has 0 radical (unpaired) electrons. The molecule has 4 rings (SSSR count). The molecule has 170 valence electrons. The zero-order chi connectivity index (χ0) is 23.9. The molecule has 9 heteroatoms. The first-order valence-electron chi connectivity index (χ1n) is 10.3. The van der Waals surface area contributed by atoms with Crippen LogP contribution >= 0.6 is 0 Å². The van der Waals surface area contributed by atoms with Crippen LogP contribution in [0, 0.1) is 0 Å². The Labute approximate surface area is 194 Å². The first-order valence-corrected chi connectivity index (χ1v) is 10.3. The van der Waals surface area contributed by atoms with E-state index in [2.05, 4.69) is 20.6 Å². The summed E-state index contributed by atoms with van der Waals surface area (Å²) >= 11 is 0. The molecule has 4 aromatic rings. The smallest absolute Gasteiger partial charge is 0.338 e. The van der Waals surface area contributed by atoms with Crippen molar-refractivity contribution in [2.24, 2.45) is 0 Å². The van der Waals surface area contributed by atoms with Crippen LogP contribution in [-0.4, -0.2) is 41.5 Å². The number of nitrogens with one attached hydrogen (secondary N) is 2. The van der Waals surface area contributed by atoms with Crippen LogP contribution < -0.4 is 15.4 Å². The number of carbonyl (C=O) groups excluding carboxylic acids is 3. The molecule has 0 unspecified atom stereocenters. The number of benzene rings is 3. The Morgan fingerprint density at radius 1 is 0.824 bits per heavy atom. The highest BCUT2D eigenvalue weighted by Crippen LogP contribution is 2.24. The molecule has 1 aromatic heterocycles. The number of hydrogen-bond acceptors (Lipinski definition) is 7. The predicted octanol–water partition coefficient (Wildman–Crippen LogP) is 3.69. The van der Waals surface area contributed by atoms with Crippen LogP contribution in [0.15, 0.2) is 79.1 Å². The fraction of sp³-hybridized carbons (Fsp3) is 0.0800. The molecule has 0 bridgehead atoms. The summed E-state index contributed by atoms with van der Waals surface area (Å²) in [7, 11) is 1.52. The minimum Gasteiger partial charge on any atom is -0.495 e. The number of anilines is 2. The molecule has 0 aliphatic heterocycles. The van der Waals surface area contributed by atoms with E-state index >= 15 is 0 Å². The van der Waals surface area contributed by atoms with Crippen molar-refractivity contribution in [3.8, 4) is 5.75 Å². The number of esters is 1. The van der Waals surface area contributed by atoms with Gasteiger partial charge in [0.1, 0.15) is 5.75 Å². The van der Waals surface area contributed by atoms with Crippen LogP contribution in [0.4, 0.5) is 11.4 Å². The summed E-state index contributed by atoms with van der Waals surface area (Å²) in [4.78, 5) is 45.2. The fourth-order valence-corrected chi connectivity index (χ4v) is 3.15. The van der Waals surface area contributed by atoms with Gasteiger partial charge in [0, 0.05) is 23.6 Å². The van der Waals surface area contributed by atoms with Crippen LogP contribution in [0.25, 0.3) is 11.0 Å². The highest BCUT2D eigenvalue weighted by atomic mass is 16.5. The van der Waals surface area contributed by atoms with E-state index in [1.165, 1.54) is 13.3 Å². The Hall–Kier alpha value is -4.79. The number of amides is 2. The highest BCUT2D eigenvalue weighted by Gasteiger charge is 2.13. The fourth-order valence-electron chi connectivity index (χ4n) is 3.15. The van der Waals surface area contributed by atoms with Gasteiger partial charge in [-0.05, 0) is 54.6 Å². The van der Waals surface area contributed by atoms with Crippen molar-refractivity contribution in [2.75, 3.05) is 24.4 Å². The largest absolute Gasteiger partial charge is 0.495 e. The maximum Gasteiger partial charge on any atom is 0.338 e. The quantitative estimate of drug-likeness (QED) is 0.407. The molecule has 0 saturated carbocycles. The van der Waals surface area contributed by atoms with E-state index in [0.717, 1.165) is 0 Å². The van der Waals surface area contributed by atoms with Gasteiger partial charge in [-0.3, -0.25) is 19.6 Å². The minimum absolute atomic E-state index is 0.270. The Balaban J connectivity index is 1.30. The van der Waals surface area contributed by atoms with Gasteiger partial charge in [-0.15, -0.1) is 0 Å². The monoisotopic (exact) mass is 456 g/mol. The summed E-state index contributed by atoms with van der Waals surface area (Å²) in [6.07, 6.45) is 3.09. The molecule has 0 fully saturated rings. The Morgan fingerprint density at radius 3 is 2.29 bits per heavy atom. The predicted molar refractivity (Wildman–Crippen MR) is 126 cm³/mol. The number of methoxy groups -OCH3 is 1. The molecule has 9 nitrogen and oxygen atoms in total. The van der Waals surface area contributed by atoms with Crippen molar-refractivity contribution in [2.45, 2.75) is 0 Å². The third kappa shape index (κ3) is 5.33. The van der Waals surface area contributed by atoms with E-state index in [4.69, 9.17) is 9.47 Å². The SMILES string of the molecule is COc1ccccc1NC(=O)c1ccc(NC(=O)COC(=O)c2ccc3nccnc3c2)cc1. The summed E-state index contributed by atoms with van der Waals surface area (Å²) in [5.74, 6) is -0.937. The molecule has 2 amide bonds. The van der Waals surface area contributed by atoms with Gasteiger partial charge in [0.15, 0.2) is 6.61 Å². The topological polar surface area (TPSA) is 120 Å². The molecule has 0 aliphatic rings. The van der Waals surface area contributed by atoms with Crippen LogP contribution in [0.1, 0.15) is 20.7 Å². The van der Waals surface area contributed by atoms with Crippen molar-refractivity contribution in [3.63, 3.8) is 0 Å². The zero-order valence-corrected chi connectivity index (χ0v) is 18.1. The molecule has 0 saturated heterocycles. The molecular weight excluding hydrogens is 436 g/mol. The average Bonchev–Trinajstić information content (AvgIpc) is 2.87. The van der Waals surface area contributed by atoms with Gasteiger partial charge in [-0.25, -0.2) is 4.79 Å². The normalized spacial score (nSPS) is 10.4. The van der Waals surface area contributed by atoms with E-state index < -0.39 is 18.5 Å². The van der Waals surface area contributed by atoms with Gasteiger partial charge >= 0.3 is 5.97 Å². The number of aromatic nitrogens is 2. The van der Waals surface area contributed by atoms with Crippen molar-refractivity contribution in [3.05, 3.63) is 90.3 Å². The minimum atomic E-state index is -0.647. The lowest BCUT2D eigenvalue weighted by atomic mass is 10.2. The number of para-hydroxylation sites is 2. The second-order valence-electron chi connectivity index (χ2n) is 7.12. The van der Waals surface area contributed by atoms with E-state index in [1.807, 2.05) is 0 Å². The van der Waals surface area contributed by atoms with Gasteiger partial charge in [-0.2, -0.15) is 0 Å². The van der Waals surface area contributed by atoms with E-state index in [1.54, 1.807) is 72.9 Å². The second kappa shape index (κ2) is 10.2. The maximum atomic E-state index is 12.5. The van der Waals surface area contributed by atoms with Crippen molar-refractivity contribution >= 4 is 40.2 Å². The van der Waals surface area contributed by atoms with E-state index in [-0.39, 0.29) is 11.5 Å². The number of ether oxygens (including phenoxy) is 2. The van der Waals surface area contributed by atoms with Gasteiger partial charge in [-0.1, -0.05) is 12.1 Å². The van der Waals surface area contributed by atoms with Gasteiger partial charge in [0.25, 0.3) is 11.8 Å². The average molecular weight is 456 g/mol. The Morgan fingerprint density at radius 2 is 1.53 bits per heavy atom. The molecule has 3 aromatic carbocycles. The summed E-state index contributed by atoms with van der Waals surface area (Å²) in [6, 6.07) is 18.2. The first-order chi connectivity index (χ1) is 16.5. The number of carbonyl (C=O) groups is 3. The second-order valence-corrected chi connectivity index (χ2v) is 7.12. The lowest BCUT2D eigenvalue weighted by Gasteiger charge is -2.10. The van der Waals surface area contributed by atoms with E-state index in [0.29, 0.717) is 33.7 Å². The molecule has 0 spiro atoms. The number of fused-ring (bicyclic) bond motifs is 1. The summed E-state index contributed by atoms with van der Waals surface area (Å²) < 4.78 is 10.3. The Kier molecular flexibility index (Phi) is 6.73. The molecule has 1 heterocycles. The lowest BCUT2D eigenvalue weighted by Crippen LogP contribution is -2.21. The highest BCUT2D eigenvalue weighted by molar-refractivity contribution is 6.05. The summed E-state index contributed by atoms with van der Waals surface area (Å²) in [5, 5.41) is 5.40. The Bertz CT molecular complexity index is 1360. The van der Waals surface area contributed by atoms with Crippen LogP contribution in [0.5, 0.6) is 5.75 Å². The molecule has 0 aliphatic carbocycles. The molecule has 2 N–H and O–H groups in total. The van der Waals surface area contributed by atoms with Crippen LogP contribution in [0.2, 0.25) is 0 Å². The van der Waals surface area contributed by atoms with Crippen LogP contribution in [0.3, 0.4) is 0 Å². The van der Waals surface area contributed by atoms with Crippen molar-refractivity contribution < 1.29 is 23.9 Å². The maximum absolute atomic E-state index is 12.5. The molecular formula is C25H20N4O5. The standard InChI is InChI=1S/C25H20N4O5/c1-33-22-5-3-2-4-20(22)29-24(31)16-6-9-18(10-7-16)28-23(30)15-34-25(32)17-8-11-19-21(14-17)27-13-12-26-19/h2-14H,15H2,1H3,(H,28,30)(H,29,31). The lowest BCUT2D eigenvalue weighted by molar-refractivity contribution is -0.119. The van der Waals surface area contributed by atoms with Crippen molar-refractivity contribution in [1.29, 1.82) is 0 Å². The third-order valence-corrected chi connectivity index (χ3v) is 4.83. The van der Waals surface area contributed by atoms with Gasteiger partial charge in [0.2, 0.25) is 0 Å². The summed E-state index contributed by atoms with van der Waals surface area (Å²) in [6.45, 7) is -0.465. The molecule has 34 heavy (non-hydrogen) atoms.